The van der Waals surface area contributed by atoms with Crippen molar-refractivity contribution in [3.63, 3.8) is 0 Å². The summed E-state index contributed by atoms with van der Waals surface area (Å²) in [5, 5.41) is 0. The Balaban J connectivity index is 2.27. The van der Waals surface area contributed by atoms with Gasteiger partial charge in [0.15, 0.2) is 0 Å². The molecule has 0 aliphatic rings. The van der Waals surface area contributed by atoms with Crippen molar-refractivity contribution in [2.24, 2.45) is 4.99 Å². The average molecular weight is 201 g/mol. The summed E-state index contributed by atoms with van der Waals surface area (Å²) in [4.78, 5) is 13.3. The Kier molecular flexibility index (Phi) is 5.13. The lowest BCUT2D eigenvalue weighted by molar-refractivity contribution is 0.562. The summed E-state index contributed by atoms with van der Waals surface area (Å²) in [5.41, 5.74) is 2.46. The number of rotatable bonds is 6. The van der Waals surface area contributed by atoms with E-state index in [1.807, 2.05) is 18.2 Å². The van der Waals surface area contributed by atoms with Crippen molar-refractivity contribution in [2.45, 2.75) is 19.3 Å². The lowest BCUT2D eigenvalue weighted by Gasteiger charge is -2.04. The summed E-state index contributed by atoms with van der Waals surface area (Å²) in [6.45, 7) is 4.56. The van der Waals surface area contributed by atoms with E-state index in [-0.39, 0.29) is 0 Å². The molecule has 0 fully saturated rings. The summed E-state index contributed by atoms with van der Waals surface area (Å²) in [7, 11) is 0. The molecule has 0 bridgehead atoms. The van der Waals surface area contributed by atoms with Crippen molar-refractivity contribution < 1.29 is 4.79 Å². The van der Waals surface area contributed by atoms with Gasteiger partial charge in [-0.3, -0.25) is 0 Å². The first kappa shape index (κ1) is 11.4. The average Bonchev–Trinajstić information content (AvgIpc) is 2.26. The van der Waals surface area contributed by atoms with Gasteiger partial charge in [0.1, 0.15) is 0 Å². The molecule has 2 nitrogen and oxygen atoms in total. The molecule has 0 aliphatic carbocycles. The Morgan fingerprint density at radius 1 is 1.33 bits per heavy atom. The molecule has 0 radical (unpaired) electrons. The fourth-order valence-electron chi connectivity index (χ4n) is 1.43. The molecule has 0 saturated heterocycles. The molecule has 0 spiro atoms. The van der Waals surface area contributed by atoms with Crippen LogP contribution in [0.25, 0.3) is 0 Å². The molecule has 1 aromatic carbocycles. The minimum Gasteiger partial charge on any atom is -0.211 e. The summed E-state index contributed by atoms with van der Waals surface area (Å²) in [5.74, 6) is 0. The zero-order chi connectivity index (χ0) is 10.9. The summed E-state index contributed by atoms with van der Waals surface area (Å²) >= 11 is 0. The third-order valence-electron chi connectivity index (χ3n) is 2.16. The SMILES string of the molecule is C=C(CCCN=C=O)Cc1ccccc1. The molecule has 0 atom stereocenters. The molecule has 0 aliphatic heterocycles. The van der Waals surface area contributed by atoms with E-state index in [0.29, 0.717) is 6.54 Å². The van der Waals surface area contributed by atoms with E-state index in [0.717, 1.165) is 19.3 Å². The number of benzene rings is 1. The maximum Gasteiger partial charge on any atom is 0.234 e. The van der Waals surface area contributed by atoms with Crippen LogP contribution < -0.4 is 0 Å². The van der Waals surface area contributed by atoms with E-state index in [1.54, 1.807) is 0 Å². The van der Waals surface area contributed by atoms with Gasteiger partial charge < -0.3 is 0 Å². The zero-order valence-electron chi connectivity index (χ0n) is 8.78. The van der Waals surface area contributed by atoms with Gasteiger partial charge in [-0.1, -0.05) is 42.5 Å². The molecule has 0 heterocycles. The molecule has 1 aromatic rings. The summed E-state index contributed by atoms with van der Waals surface area (Å²) in [6.07, 6.45) is 4.24. The van der Waals surface area contributed by atoms with E-state index in [2.05, 4.69) is 23.7 Å². The van der Waals surface area contributed by atoms with Gasteiger partial charge in [-0.2, -0.15) is 0 Å². The van der Waals surface area contributed by atoms with Gasteiger partial charge in [0.25, 0.3) is 0 Å². The Hall–Kier alpha value is -1.66. The van der Waals surface area contributed by atoms with Crippen LogP contribution >= 0.6 is 0 Å². The molecule has 1 rings (SSSR count). The van der Waals surface area contributed by atoms with Crippen molar-refractivity contribution >= 4 is 6.08 Å². The number of aliphatic imine (C=N–C) groups is 1. The third kappa shape index (κ3) is 4.94. The van der Waals surface area contributed by atoms with Crippen molar-refractivity contribution in [3.05, 3.63) is 48.0 Å². The lowest BCUT2D eigenvalue weighted by atomic mass is 10.0. The fraction of sp³-hybridized carbons (Fsp3) is 0.308. The minimum absolute atomic E-state index is 0.553. The number of isocyanates is 1. The Morgan fingerprint density at radius 2 is 2.07 bits per heavy atom. The first-order valence-electron chi connectivity index (χ1n) is 5.07. The zero-order valence-corrected chi connectivity index (χ0v) is 8.78. The molecule has 0 N–H and O–H groups in total. The topological polar surface area (TPSA) is 29.4 Å². The van der Waals surface area contributed by atoms with Crippen LogP contribution in [0.15, 0.2) is 47.5 Å². The second kappa shape index (κ2) is 6.74. The Labute approximate surface area is 90.4 Å². The molecule has 78 valence electrons. The first-order chi connectivity index (χ1) is 7.33. The highest BCUT2D eigenvalue weighted by atomic mass is 16.1. The minimum atomic E-state index is 0.553. The molecule has 0 saturated carbocycles. The maximum atomic E-state index is 9.83. The largest absolute Gasteiger partial charge is 0.234 e. The number of hydrogen-bond acceptors (Lipinski definition) is 2. The highest BCUT2D eigenvalue weighted by molar-refractivity contribution is 5.32. The number of allylic oxidation sites excluding steroid dienone is 1. The van der Waals surface area contributed by atoms with Gasteiger partial charge in [0.2, 0.25) is 6.08 Å². The molecule has 0 unspecified atom stereocenters. The lowest BCUT2D eigenvalue weighted by Crippen LogP contribution is -1.90. The molecule has 2 heteroatoms. The second-order valence-electron chi connectivity index (χ2n) is 3.49. The van der Waals surface area contributed by atoms with Gasteiger partial charge in [-0.15, -0.1) is 0 Å². The van der Waals surface area contributed by atoms with E-state index < -0.39 is 0 Å². The van der Waals surface area contributed by atoms with Crippen molar-refractivity contribution in [1.29, 1.82) is 0 Å². The van der Waals surface area contributed by atoms with Crippen LogP contribution in [0.5, 0.6) is 0 Å². The monoisotopic (exact) mass is 201 g/mol. The Morgan fingerprint density at radius 3 is 2.73 bits per heavy atom. The van der Waals surface area contributed by atoms with Crippen LogP contribution in [-0.4, -0.2) is 12.6 Å². The summed E-state index contributed by atoms with van der Waals surface area (Å²) in [6, 6.07) is 10.2. The number of nitrogens with zero attached hydrogens (tertiary/aromatic N) is 1. The van der Waals surface area contributed by atoms with E-state index in [1.165, 1.54) is 17.2 Å². The van der Waals surface area contributed by atoms with Crippen LogP contribution in [0.1, 0.15) is 18.4 Å². The van der Waals surface area contributed by atoms with Gasteiger partial charge >= 0.3 is 0 Å². The standard InChI is InChI=1S/C13H15NO/c1-12(6-5-9-14-11-15)10-13-7-3-2-4-8-13/h2-4,7-8H,1,5-6,9-10H2. The van der Waals surface area contributed by atoms with Crippen LogP contribution in [0.4, 0.5) is 0 Å². The second-order valence-corrected chi connectivity index (χ2v) is 3.49. The van der Waals surface area contributed by atoms with Gasteiger partial charge in [-0.05, 0) is 24.8 Å². The highest BCUT2D eigenvalue weighted by Gasteiger charge is 1.96. The van der Waals surface area contributed by atoms with Crippen LogP contribution in [0.3, 0.4) is 0 Å². The van der Waals surface area contributed by atoms with Crippen LogP contribution in [0, 0.1) is 0 Å². The molecule has 15 heavy (non-hydrogen) atoms. The first-order valence-corrected chi connectivity index (χ1v) is 5.07. The highest BCUT2D eigenvalue weighted by Crippen LogP contribution is 2.10. The number of hydrogen-bond donors (Lipinski definition) is 0. The molecular weight excluding hydrogens is 186 g/mol. The number of carbonyl (C=O) groups excluding carboxylic acids is 1. The smallest absolute Gasteiger partial charge is 0.211 e. The van der Waals surface area contributed by atoms with Gasteiger partial charge in [-0.25, -0.2) is 9.79 Å². The van der Waals surface area contributed by atoms with Gasteiger partial charge in [0.05, 0.1) is 6.54 Å². The van der Waals surface area contributed by atoms with Crippen molar-refractivity contribution in [1.82, 2.24) is 0 Å². The van der Waals surface area contributed by atoms with Crippen molar-refractivity contribution in [2.75, 3.05) is 6.54 Å². The fourth-order valence-corrected chi connectivity index (χ4v) is 1.43. The van der Waals surface area contributed by atoms with E-state index in [9.17, 15) is 4.79 Å². The van der Waals surface area contributed by atoms with E-state index >= 15 is 0 Å². The summed E-state index contributed by atoms with van der Waals surface area (Å²) < 4.78 is 0. The molecular formula is C13H15NO. The van der Waals surface area contributed by atoms with Crippen LogP contribution in [0.2, 0.25) is 0 Å². The third-order valence-corrected chi connectivity index (χ3v) is 2.16. The normalized spacial score (nSPS) is 9.33. The van der Waals surface area contributed by atoms with E-state index in [4.69, 9.17) is 0 Å². The predicted molar refractivity (Wildman–Crippen MR) is 61.5 cm³/mol. The molecule has 0 amide bonds. The quantitative estimate of drug-likeness (QED) is 0.301. The van der Waals surface area contributed by atoms with Crippen LogP contribution in [-0.2, 0) is 11.2 Å². The van der Waals surface area contributed by atoms with Gasteiger partial charge in [0, 0.05) is 0 Å². The maximum absolute atomic E-state index is 9.83. The molecule has 0 aromatic heterocycles. The predicted octanol–water partition coefficient (Wildman–Crippen LogP) is 2.90. The van der Waals surface area contributed by atoms with Crippen molar-refractivity contribution in [3.8, 4) is 0 Å². The Bertz CT molecular complexity index is 350.